The molecule has 0 aliphatic heterocycles. The van der Waals surface area contributed by atoms with Crippen LogP contribution in [0.25, 0.3) is 10.9 Å². The monoisotopic (exact) mass is 270 g/mol. The van der Waals surface area contributed by atoms with Crippen LogP contribution in [-0.2, 0) is 6.54 Å². The topological polar surface area (TPSA) is 48.1 Å². The fraction of sp³-hybridized carbons (Fsp3) is 0.0667. The number of nitro groups is 1. The van der Waals surface area contributed by atoms with Crippen molar-refractivity contribution in [2.45, 2.75) is 6.54 Å². The number of nitro benzene ring substituents is 1. The highest BCUT2D eigenvalue weighted by molar-refractivity contribution is 5.80. The third kappa shape index (κ3) is 2.14. The SMILES string of the molecule is O=[N+]([O-])c1ccc(Cn2ccc3c(F)cccc32)cc1. The molecule has 4 nitrogen and oxygen atoms in total. The zero-order valence-electron chi connectivity index (χ0n) is 10.5. The van der Waals surface area contributed by atoms with Crippen LogP contribution in [0.4, 0.5) is 10.1 Å². The highest BCUT2D eigenvalue weighted by atomic mass is 19.1. The van der Waals surface area contributed by atoms with Crippen molar-refractivity contribution in [3.63, 3.8) is 0 Å². The van der Waals surface area contributed by atoms with E-state index in [2.05, 4.69) is 0 Å². The summed E-state index contributed by atoms with van der Waals surface area (Å²) >= 11 is 0. The first-order valence-electron chi connectivity index (χ1n) is 6.12. The molecule has 3 rings (SSSR count). The van der Waals surface area contributed by atoms with Crippen LogP contribution in [-0.4, -0.2) is 9.49 Å². The van der Waals surface area contributed by atoms with Crippen LogP contribution < -0.4 is 0 Å². The third-order valence-corrected chi connectivity index (χ3v) is 3.26. The molecule has 3 aromatic rings. The van der Waals surface area contributed by atoms with Gasteiger partial charge in [0.05, 0.1) is 10.4 Å². The smallest absolute Gasteiger partial charge is 0.269 e. The van der Waals surface area contributed by atoms with Gasteiger partial charge in [-0.25, -0.2) is 4.39 Å². The molecule has 5 heteroatoms. The Bertz CT molecular complexity index is 778. The molecule has 0 atom stereocenters. The van der Waals surface area contributed by atoms with Gasteiger partial charge in [0.1, 0.15) is 5.82 Å². The van der Waals surface area contributed by atoms with Crippen molar-refractivity contribution < 1.29 is 9.31 Å². The van der Waals surface area contributed by atoms with E-state index in [1.165, 1.54) is 18.2 Å². The summed E-state index contributed by atoms with van der Waals surface area (Å²) in [7, 11) is 0. The maximum atomic E-state index is 13.6. The number of non-ortho nitro benzene ring substituents is 1. The molecule has 20 heavy (non-hydrogen) atoms. The molecular weight excluding hydrogens is 259 g/mol. The number of hydrogen-bond acceptors (Lipinski definition) is 2. The van der Waals surface area contributed by atoms with Gasteiger partial charge in [-0.05, 0) is 23.8 Å². The third-order valence-electron chi connectivity index (χ3n) is 3.26. The summed E-state index contributed by atoms with van der Waals surface area (Å²) in [5.74, 6) is -0.245. The van der Waals surface area contributed by atoms with Gasteiger partial charge in [0.2, 0.25) is 0 Å². The summed E-state index contributed by atoms with van der Waals surface area (Å²) in [6.45, 7) is 0.547. The standard InChI is InChI=1S/C15H11FN2O2/c16-14-2-1-3-15-13(14)8-9-17(15)10-11-4-6-12(7-5-11)18(19)20/h1-9H,10H2. The first-order chi connectivity index (χ1) is 9.65. The van der Waals surface area contributed by atoms with Gasteiger partial charge in [0.15, 0.2) is 0 Å². The van der Waals surface area contributed by atoms with Gasteiger partial charge in [-0.15, -0.1) is 0 Å². The maximum Gasteiger partial charge on any atom is 0.269 e. The molecule has 0 spiro atoms. The van der Waals surface area contributed by atoms with Crippen molar-refractivity contribution >= 4 is 16.6 Å². The van der Waals surface area contributed by atoms with E-state index < -0.39 is 4.92 Å². The predicted molar refractivity (Wildman–Crippen MR) is 74.1 cm³/mol. The Hall–Kier alpha value is -2.69. The Kier molecular flexibility index (Phi) is 2.95. The average molecular weight is 270 g/mol. The van der Waals surface area contributed by atoms with Crippen LogP contribution in [0, 0.1) is 15.9 Å². The van der Waals surface area contributed by atoms with Gasteiger partial charge in [-0.2, -0.15) is 0 Å². The van der Waals surface area contributed by atoms with Gasteiger partial charge in [-0.1, -0.05) is 18.2 Å². The van der Waals surface area contributed by atoms with E-state index in [4.69, 9.17) is 0 Å². The zero-order valence-corrected chi connectivity index (χ0v) is 10.5. The minimum atomic E-state index is -0.426. The summed E-state index contributed by atoms with van der Waals surface area (Å²) in [4.78, 5) is 10.2. The second kappa shape index (κ2) is 4.77. The van der Waals surface area contributed by atoms with E-state index in [0.717, 1.165) is 11.1 Å². The molecule has 1 aromatic heterocycles. The Morgan fingerprint density at radius 1 is 1.10 bits per heavy atom. The number of nitrogens with zero attached hydrogens (tertiary/aromatic N) is 2. The molecule has 0 unspecified atom stereocenters. The first kappa shape index (κ1) is 12.3. The fourth-order valence-electron chi connectivity index (χ4n) is 2.24. The molecule has 100 valence electrons. The van der Waals surface area contributed by atoms with Crippen LogP contribution in [0.1, 0.15) is 5.56 Å². The normalized spacial score (nSPS) is 10.8. The molecule has 0 fully saturated rings. The fourth-order valence-corrected chi connectivity index (χ4v) is 2.24. The van der Waals surface area contributed by atoms with Crippen molar-refractivity contribution in [1.29, 1.82) is 0 Å². The lowest BCUT2D eigenvalue weighted by Crippen LogP contribution is -1.98. The van der Waals surface area contributed by atoms with Crippen molar-refractivity contribution in [2.75, 3.05) is 0 Å². The predicted octanol–water partition coefficient (Wildman–Crippen LogP) is 3.74. The largest absolute Gasteiger partial charge is 0.343 e. The second-order valence-corrected chi connectivity index (χ2v) is 4.54. The van der Waals surface area contributed by atoms with Gasteiger partial charge >= 0.3 is 0 Å². The molecule has 0 radical (unpaired) electrons. The molecule has 0 saturated heterocycles. The zero-order chi connectivity index (χ0) is 14.1. The highest BCUT2D eigenvalue weighted by Gasteiger charge is 2.07. The molecule has 0 aliphatic rings. The van der Waals surface area contributed by atoms with Gasteiger partial charge in [0, 0.05) is 30.3 Å². The van der Waals surface area contributed by atoms with E-state index in [0.29, 0.717) is 11.9 Å². The number of rotatable bonds is 3. The second-order valence-electron chi connectivity index (χ2n) is 4.54. The number of hydrogen-bond donors (Lipinski definition) is 0. The van der Waals surface area contributed by atoms with E-state index in [9.17, 15) is 14.5 Å². The number of aromatic nitrogens is 1. The maximum absolute atomic E-state index is 13.6. The van der Waals surface area contributed by atoms with E-state index in [1.807, 2.05) is 16.8 Å². The van der Waals surface area contributed by atoms with Crippen molar-refractivity contribution in [1.82, 2.24) is 4.57 Å². The van der Waals surface area contributed by atoms with Gasteiger partial charge < -0.3 is 4.57 Å². The van der Waals surface area contributed by atoms with Crippen molar-refractivity contribution in [2.24, 2.45) is 0 Å². The minimum absolute atomic E-state index is 0.0668. The molecule has 0 saturated carbocycles. The first-order valence-corrected chi connectivity index (χ1v) is 6.12. The quantitative estimate of drug-likeness (QED) is 0.537. The number of benzene rings is 2. The Morgan fingerprint density at radius 2 is 1.85 bits per heavy atom. The molecular formula is C15H11FN2O2. The summed E-state index contributed by atoms with van der Waals surface area (Å²) in [5, 5.41) is 11.2. The summed E-state index contributed by atoms with van der Waals surface area (Å²) < 4.78 is 15.5. The number of halogens is 1. The van der Waals surface area contributed by atoms with E-state index >= 15 is 0 Å². The van der Waals surface area contributed by atoms with Crippen LogP contribution in [0.15, 0.2) is 54.7 Å². The summed E-state index contributed by atoms with van der Waals surface area (Å²) in [6, 6.07) is 13.1. The molecule has 0 amide bonds. The molecule has 0 N–H and O–H groups in total. The molecule has 0 bridgehead atoms. The lowest BCUT2D eigenvalue weighted by molar-refractivity contribution is -0.384. The van der Waals surface area contributed by atoms with Crippen LogP contribution in [0.3, 0.4) is 0 Å². The summed E-state index contributed by atoms with van der Waals surface area (Å²) in [6.07, 6.45) is 1.81. The number of fused-ring (bicyclic) bond motifs is 1. The van der Waals surface area contributed by atoms with Gasteiger partial charge in [0.25, 0.3) is 5.69 Å². The minimum Gasteiger partial charge on any atom is -0.343 e. The van der Waals surface area contributed by atoms with Gasteiger partial charge in [-0.3, -0.25) is 10.1 Å². The lowest BCUT2D eigenvalue weighted by atomic mass is 10.2. The lowest BCUT2D eigenvalue weighted by Gasteiger charge is -2.05. The van der Waals surface area contributed by atoms with E-state index in [-0.39, 0.29) is 11.5 Å². The Labute approximate surface area is 114 Å². The molecule has 0 aliphatic carbocycles. The Morgan fingerprint density at radius 3 is 2.55 bits per heavy atom. The summed E-state index contributed by atoms with van der Waals surface area (Å²) in [5.41, 5.74) is 1.80. The van der Waals surface area contributed by atoms with Crippen LogP contribution in [0.5, 0.6) is 0 Å². The van der Waals surface area contributed by atoms with Crippen molar-refractivity contribution in [3.05, 3.63) is 76.2 Å². The van der Waals surface area contributed by atoms with Crippen molar-refractivity contribution in [3.8, 4) is 0 Å². The highest BCUT2D eigenvalue weighted by Crippen LogP contribution is 2.20. The van der Waals surface area contributed by atoms with Crippen LogP contribution >= 0.6 is 0 Å². The van der Waals surface area contributed by atoms with E-state index in [1.54, 1.807) is 24.3 Å². The van der Waals surface area contributed by atoms with Crippen LogP contribution in [0.2, 0.25) is 0 Å². The average Bonchev–Trinajstić information content (AvgIpc) is 2.84. The Balaban J connectivity index is 1.93. The molecule has 2 aromatic carbocycles. The molecule has 1 heterocycles.